The lowest BCUT2D eigenvalue weighted by atomic mass is 9.98. The van der Waals surface area contributed by atoms with Crippen LogP contribution in [0.2, 0.25) is 0 Å². The normalized spacial score (nSPS) is 23.9. The van der Waals surface area contributed by atoms with Gasteiger partial charge in [0.1, 0.15) is 6.10 Å². The molecule has 0 bridgehead atoms. The summed E-state index contributed by atoms with van der Waals surface area (Å²) in [5, 5.41) is 3.42. The predicted molar refractivity (Wildman–Crippen MR) is 77.7 cm³/mol. The summed E-state index contributed by atoms with van der Waals surface area (Å²) in [7, 11) is 2.13. The van der Waals surface area contributed by atoms with Crippen LogP contribution in [0, 0.1) is 0 Å². The molecule has 0 radical (unpaired) electrons. The van der Waals surface area contributed by atoms with E-state index in [9.17, 15) is 0 Å². The van der Waals surface area contributed by atoms with E-state index < -0.39 is 0 Å². The summed E-state index contributed by atoms with van der Waals surface area (Å²) in [5.74, 6) is 1.30. The number of aromatic nitrogens is 2. The Morgan fingerprint density at radius 3 is 2.95 bits per heavy atom. The first kappa shape index (κ1) is 13.9. The van der Waals surface area contributed by atoms with Gasteiger partial charge in [0.15, 0.2) is 5.82 Å². The zero-order valence-electron chi connectivity index (χ0n) is 12.6. The Morgan fingerprint density at radius 1 is 1.35 bits per heavy atom. The fourth-order valence-corrected chi connectivity index (χ4v) is 2.94. The van der Waals surface area contributed by atoms with E-state index >= 15 is 0 Å². The molecule has 3 rings (SSSR count). The number of hydrogen-bond donors (Lipinski definition) is 1. The summed E-state index contributed by atoms with van der Waals surface area (Å²) >= 11 is 0. The molecule has 1 aromatic rings. The Balaban J connectivity index is 1.97. The Labute approximate surface area is 120 Å². The maximum atomic E-state index is 5.88. The first-order valence-electron chi connectivity index (χ1n) is 7.55. The van der Waals surface area contributed by atoms with Crippen LogP contribution in [0.3, 0.4) is 0 Å². The summed E-state index contributed by atoms with van der Waals surface area (Å²) < 4.78 is 5.88. The summed E-state index contributed by atoms with van der Waals surface area (Å²) in [6.07, 6.45) is 1.01. The smallest absolute Gasteiger partial charge is 0.158 e. The number of hydrogen-bond acceptors (Lipinski definition) is 5. The molecule has 0 amide bonds. The van der Waals surface area contributed by atoms with Crippen molar-refractivity contribution < 1.29 is 4.74 Å². The van der Waals surface area contributed by atoms with E-state index in [-0.39, 0.29) is 6.10 Å². The third-order valence-electron chi connectivity index (χ3n) is 4.09. The van der Waals surface area contributed by atoms with Crippen molar-refractivity contribution in [3.8, 4) is 0 Å². The van der Waals surface area contributed by atoms with Gasteiger partial charge in [-0.25, -0.2) is 9.97 Å². The quantitative estimate of drug-likeness (QED) is 0.881. The molecule has 1 aromatic heterocycles. The standard InChI is InChI=1S/C15H24N4O/c1-10(2)14-11-8-16-5-4-12(11)17-15(18-14)13-9-19(3)6-7-20-13/h10,13,16H,4-9H2,1-3H3. The van der Waals surface area contributed by atoms with Gasteiger partial charge in [0, 0.05) is 38.2 Å². The molecule has 0 saturated carbocycles. The Bertz CT molecular complexity index is 489. The van der Waals surface area contributed by atoms with Crippen LogP contribution in [0.1, 0.15) is 48.6 Å². The summed E-state index contributed by atoms with van der Waals surface area (Å²) in [4.78, 5) is 11.9. The maximum absolute atomic E-state index is 5.88. The van der Waals surface area contributed by atoms with Crippen LogP contribution < -0.4 is 5.32 Å². The van der Waals surface area contributed by atoms with E-state index in [0.29, 0.717) is 5.92 Å². The lowest BCUT2D eigenvalue weighted by Crippen LogP contribution is -2.37. The van der Waals surface area contributed by atoms with Crippen molar-refractivity contribution in [3.05, 3.63) is 22.8 Å². The van der Waals surface area contributed by atoms with Crippen LogP contribution in [0.25, 0.3) is 0 Å². The zero-order valence-corrected chi connectivity index (χ0v) is 12.6. The van der Waals surface area contributed by atoms with Gasteiger partial charge < -0.3 is 15.0 Å². The first-order valence-corrected chi connectivity index (χ1v) is 7.55. The first-order chi connectivity index (χ1) is 9.65. The molecule has 0 spiro atoms. The Hall–Kier alpha value is -1.04. The zero-order chi connectivity index (χ0) is 14.1. The molecular formula is C15H24N4O. The predicted octanol–water partition coefficient (Wildman–Crippen LogP) is 1.25. The highest BCUT2D eigenvalue weighted by molar-refractivity contribution is 5.30. The number of ether oxygens (including phenoxy) is 1. The molecule has 1 fully saturated rings. The second kappa shape index (κ2) is 5.76. The van der Waals surface area contributed by atoms with E-state index in [2.05, 4.69) is 31.1 Å². The number of fused-ring (bicyclic) bond motifs is 1. The van der Waals surface area contributed by atoms with Crippen molar-refractivity contribution in [2.45, 2.75) is 38.8 Å². The van der Waals surface area contributed by atoms with Crippen molar-refractivity contribution in [2.75, 3.05) is 33.3 Å². The number of morpholine rings is 1. The molecule has 1 unspecified atom stereocenters. The molecule has 0 aromatic carbocycles. The Morgan fingerprint density at radius 2 is 2.20 bits per heavy atom. The van der Waals surface area contributed by atoms with Crippen molar-refractivity contribution >= 4 is 0 Å². The fraction of sp³-hybridized carbons (Fsp3) is 0.733. The molecule has 1 N–H and O–H groups in total. The molecule has 5 nitrogen and oxygen atoms in total. The van der Waals surface area contributed by atoms with E-state index in [1.807, 2.05) is 0 Å². The lowest BCUT2D eigenvalue weighted by Gasteiger charge is -2.30. The molecule has 2 aliphatic rings. The van der Waals surface area contributed by atoms with Crippen LogP contribution in [-0.4, -0.2) is 48.2 Å². The van der Waals surface area contributed by atoms with Gasteiger partial charge in [-0.15, -0.1) is 0 Å². The molecule has 110 valence electrons. The number of nitrogens with one attached hydrogen (secondary N) is 1. The lowest BCUT2D eigenvalue weighted by molar-refractivity contribution is -0.0257. The number of rotatable bonds is 2. The number of nitrogens with zero attached hydrogens (tertiary/aromatic N) is 3. The van der Waals surface area contributed by atoms with E-state index in [4.69, 9.17) is 14.7 Å². The van der Waals surface area contributed by atoms with Gasteiger partial charge in [-0.1, -0.05) is 13.8 Å². The van der Waals surface area contributed by atoms with Crippen molar-refractivity contribution in [1.82, 2.24) is 20.2 Å². The molecule has 1 saturated heterocycles. The van der Waals surface area contributed by atoms with Gasteiger partial charge in [-0.2, -0.15) is 0 Å². The average molecular weight is 276 g/mol. The Kier molecular flexibility index (Phi) is 4.01. The monoisotopic (exact) mass is 276 g/mol. The molecule has 1 atom stereocenters. The van der Waals surface area contributed by atoms with Crippen molar-refractivity contribution in [2.24, 2.45) is 0 Å². The van der Waals surface area contributed by atoms with Gasteiger partial charge >= 0.3 is 0 Å². The van der Waals surface area contributed by atoms with Crippen LogP contribution in [-0.2, 0) is 17.7 Å². The van der Waals surface area contributed by atoms with E-state index in [1.54, 1.807) is 0 Å². The van der Waals surface area contributed by atoms with Gasteiger partial charge in [-0.05, 0) is 13.0 Å². The minimum Gasteiger partial charge on any atom is -0.368 e. The third kappa shape index (κ3) is 2.71. The van der Waals surface area contributed by atoms with Crippen LogP contribution in [0.15, 0.2) is 0 Å². The highest BCUT2D eigenvalue weighted by Crippen LogP contribution is 2.26. The van der Waals surface area contributed by atoms with E-state index in [0.717, 1.165) is 45.0 Å². The maximum Gasteiger partial charge on any atom is 0.158 e. The van der Waals surface area contributed by atoms with Gasteiger partial charge in [-0.3, -0.25) is 0 Å². The topological polar surface area (TPSA) is 50.3 Å². The second-order valence-electron chi connectivity index (χ2n) is 6.10. The largest absolute Gasteiger partial charge is 0.368 e. The van der Waals surface area contributed by atoms with Crippen LogP contribution in [0.4, 0.5) is 0 Å². The van der Waals surface area contributed by atoms with Crippen molar-refractivity contribution in [3.63, 3.8) is 0 Å². The van der Waals surface area contributed by atoms with Crippen LogP contribution in [0.5, 0.6) is 0 Å². The molecule has 2 aliphatic heterocycles. The highest BCUT2D eigenvalue weighted by atomic mass is 16.5. The summed E-state index contributed by atoms with van der Waals surface area (Å²) in [5.41, 5.74) is 3.71. The molecule has 5 heteroatoms. The molecular weight excluding hydrogens is 252 g/mol. The van der Waals surface area contributed by atoms with Gasteiger partial charge in [0.05, 0.1) is 18.0 Å². The van der Waals surface area contributed by atoms with Crippen LogP contribution >= 0.6 is 0 Å². The molecule has 0 aliphatic carbocycles. The molecule has 20 heavy (non-hydrogen) atoms. The van der Waals surface area contributed by atoms with Gasteiger partial charge in [0.2, 0.25) is 0 Å². The minimum absolute atomic E-state index is 0.0198. The SMILES string of the molecule is CC(C)c1nc(C2CN(C)CCO2)nc2c1CNCC2. The molecule has 3 heterocycles. The van der Waals surface area contributed by atoms with Crippen molar-refractivity contribution in [1.29, 1.82) is 0 Å². The highest BCUT2D eigenvalue weighted by Gasteiger charge is 2.26. The number of likely N-dealkylation sites (N-methyl/N-ethyl adjacent to an activating group) is 1. The third-order valence-corrected chi connectivity index (χ3v) is 4.09. The average Bonchev–Trinajstić information content (AvgIpc) is 2.46. The summed E-state index contributed by atoms with van der Waals surface area (Å²) in [6, 6.07) is 0. The second-order valence-corrected chi connectivity index (χ2v) is 6.10. The fourth-order valence-electron chi connectivity index (χ4n) is 2.94. The minimum atomic E-state index is 0.0198. The van der Waals surface area contributed by atoms with Gasteiger partial charge in [0.25, 0.3) is 0 Å². The summed E-state index contributed by atoms with van der Waals surface area (Å²) in [6.45, 7) is 8.95. The van der Waals surface area contributed by atoms with E-state index in [1.165, 1.54) is 17.0 Å².